The number of ketones is 1. The number of rotatable bonds is 7. The zero-order chi connectivity index (χ0) is 22.0. The van der Waals surface area contributed by atoms with Crippen molar-refractivity contribution >= 4 is 28.3 Å². The second-order valence-electron chi connectivity index (χ2n) is 7.41. The van der Waals surface area contributed by atoms with Crippen LogP contribution in [0.1, 0.15) is 32.9 Å². The first-order valence-electron chi connectivity index (χ1n) is 9.97. The average Bonchev–Trinajstić information content (AvgIpc) is 3.32. The van der Waals surface area contributed by atoms with Gasteiger partial charge >= 0.3 is 6.03 Å². The highest BCUT2D eigenvalue weighted by molar-refractivity contribution is 7.17. The van der Waals surface area contributed by atoms with Crippen LogP contribution in [0.2, 0.25) is 0 Å². The lowest BCUT2D eigenvalue weighted by Gasteiger charge is -2.16. The number of carbonyl (C=O) groups excluding carboxylic acids is 2. The fourth-order valence-electron chi connectivity index (χ4n) is 3.56. The molecule has 0 unspecified atom stereocenters. The maximum absolute atomic E-state index is 13.8. The van der Waals surface area contributed by atoms with Gasteiger partial charge in [-0.3, -0.25) is 9.69 Å². The molecule has 1 saturated heterocycles. The van der Waals surface area contributed by atoms with E-state index in [1.54, 1.807) is 16.7 Å². The maximum Gasteiger partial charge on any atom is 0.326 e. The van der Waals surface area contributed by atoms with Gasteiger partial charge < -0.3 is 4.90 Å². The van der Waals surface area contributed by atoms with Gasteiger partial charge in [0.25, 0.3) is 0 Å². The van der Waals surface area contributed by atoms with E-state index in [1.807, 2.05) is 30.3 Å². The Balaban J connectivity index is 1.43. The molecule has 31 heavy (non-hydrogen) atoms. The van der Waals surface area contributed by atoms with Gasteiger partial charge in [-0.2, -0.15) is 0 Å². The topological polar surface area (TPSA) is 53.5 Å². The Morgan fingerprint density at radius 2 is 1.90 bits per heavy atom. The first kappa shape index (κ1) is 21.1. The lowest BCUT2D eigenvalue weighted by atomic mass is 10.1. The van der Waals surface area contributed by atoms with E-state index in [0.717, 1.165) is 23.8 Å². The van der Waals surface area contributed by atoms with Crippen molar-refractivity contribution in [1.29, 1.82) is 0 Å². The van der Waals surface area contributed by atoms with Gasteiger partial charge in [0.2, 0.25) is 0 Å². The fraction of sp³-hybridized carbons (Fsp3) is 0.261. The Kier molecular flexibility index (Phi) is 6.08. The number of aromatic nitrogens is 1. The van der Waals surface area contributed by atoms with Gasteiger partial charge in [0.1, 0.15) is 11.6 Å². The first-order valence-corrected chi connectivity index (χ1v) is 10.8. The number of aryl methyl sites for hydroxylation is 2. The molecular formula is C23H21F2N3O2S. The zero-order valence-electron chi connectivity index (χ0n) is 17.0. The molecule has 4 rings (SSSR count). The number of hydrogen-bond donors (Lipinski definition) is 0. The quantitative estimate of drug-likeness (QED) is 0.486. The molecule has 1 aliphatic heterocycles. The van der Waals surface area contributed by atoms with Gasteiger partial charge in [0.15, 0.2) is 10.9 Å². The molecule has 0 spiro atoms. The number of anilines is 1. The predicted octanol–water partition coefficient (Wildman–Crippen LogP) is 4.99. The predicted molar refractivity (Wildman–Crippen MR) is 115 cm³/mol. The number of carbonyl (C=O) groups is 2. The van der Waals surface area contributed by atoms with E-state index in [1.165, 1.54) is 11.3 Å². The van der Waals surface area contributed by atoms with E-state index in [9.17, 15) is 18.4 Å². The summed E-state index contributed by atoms with van der Waals surface area (Å²) in [4.78, 5) is 33.7. The van der Waals surface area contributed by atoms with Crippen LogP contribution in [0.3, 0.4) is 0 Å². The standard InChI is InChI=1S/C23H21F2N3O2S/c1-15-21(20(29)10-7-17-13-18(24)8-9-19(17)25)31-22(26-15)28-12-11-27(23(28)30)14-16-5-3-2-4-6-16/h2-6,8-9,13H,7,10-12,14H2,1H3. The summed E-state index contributed by atoms with van der Waals surface area (Å²) in [6.45, 7) is 3.32. The van der Waals surface area contributed by atoms with E-state index in [2.05, 4.69) is 4.98 Å². The largest absolute Gasteiger partial charge is 0.326 e. The summed E-state index contributed by atoms with van der Waals surface area (Å²) in [5, 5.41) is 0.485. The summed E-state index contributed by atoms with van der Waals surface area (Å²) >= 11 is 1.17. The molecule has 1 aromatic heterocycles. The molecule has 8 heteroatoms. The minimum atomic E-state index is -0.535. The normalized spacial score (nSPS) is 13.8. The maximum atomic E-state index is 13.8. The molecule has 3 aromatic rings. The molecule has 2 amide bonds. The summed E-state index contributed by atoms with van der Waals surface area (Å²) in [5.74, 6) is -1.26. The molecule has 5 nitrogen and oxygen atoms in total. The van der Waals surface area contributed by atoms with Crippen molar-refractivity contribution < 1.29 is 18.4 Å². The monoisotopic (exact) mass is 441 g/mol. The second-order valence-corrected chi connectivity index (χ2v) is 8.39. The summed E-state index contributed by atoms with van der Waals surface area (Å²) in [6, 6.07) is 12.8. The van der Waals surface area contributed by atoms with Crippen molar-refractivity contribution in [3.63, 3.8) is 0 Å². The molecule has 0 radical (unpaired) electrons. The third-order valence-corrected chi connectivity index (χ3v) is 6.43. The highest BCUT2D eigenvalue weighted by atomic mass is 32.1. The Bertz CT molecular complexity index is 1120. The molecule has 0 N–H and O–H groups in total. The van der Waals surface area contributed by atoms with E-state index in [-0.39, 0.29) is 30.2 Å². The van der Waals surface area contributed by atoms with E-state index in [4.69, 9.17) is 0 Å². The molecule has 2 aromatic carbocycles. The minimum absolute atomic E-state index is 0.0386. The molecule has 1 fully saturated rings. The van der Waals surface area contributed by atoms with Gasteiger partial charge in [0, 0.05) is 26.1 Å². The Morgan fingerprint density at radius 3 is 2.68 bits per heavy atom. The fourth-order valence-corrected chi connectivity index (χ4v) is 4.62. The van der Waals surface area contributed by atoms with Crippen LogP contribution >= 0.6 is 11.3 Å². The molecule has 0 bridgehead atoms. The first-order chi connectivity index (χ1) is 14.9. The number of nitrogens with zero attached hydrogens (tertiary/aromatic N) is 3. The highest BCUT2D eigenvalue weighted by Gasteiger charge is 2.32. The zero-order valence-corrected chi connectivity index (χ0v) is 17.8. The van der Waals surface area contributed by atoms with Crippen molar-refractivity contribution in [3.8, 4) is 0 Å². The van der Waals surface area contributed by atoms with E-state index in [0.29, 0.717) is 35.3 Å². The molecule has 0 atom stereocenters. The number of urea groups is 1. The van der Waals surface area contributed by atoms with Crippen molar-refractivity contribution in [2.45, 2.75) is 26.3 Å². The summed E-state index contributed by atoms with van der Waals surface area (Å²) < 4.78 is 27.1. The van der Waals surface area contributed by atoms with Crippen LogP contribution in [-0.4, -0.2) is 34.8 Å². The Hall–Kier alpha value is -3.13. The SMILES string of the molecule is Cc1nc(N2CCN(Cc3ccccc3)C2=O)sc1C(=O)CCc1cc(F)ccc1F. The van der Waals surface area contributed by atoms with Gasteiger partial charge in [-0.05, 0) is 42.7 Å². The highest BCUT2D eigenvalue weighted by Crippen LogP contribution is 2.30. The Morgan fingerprint density at radius 1 is 1.13 bits per heavy atom. The molecule has 0 saturated carbocycles. The third kappa shape index (κ3) is 4.64. The Labute approximate surface area is 182 Å². The average molecular weight is 442 g/mol. The lowest BCUT2D eigenvalue weighted by Crippen LogP contribution is -2.31. The molecule has 1 aliphatic rings. The van der Waals surface area contributed by atoms with Gasteiger partial charge in [-0.25, -0.2) is 18.6 Å². The van der Waals surface area contributed by atoms with Crippen LogP contribution in [0.5, 0.6) is 0 Å². The number of amides is 2. The van der Waals surface area contributed by atoms with Gasteiger partial charge in [-0.15, -0.1) is 0 Å². The summed E-state index contributed by atoms with van der Waals surface area (Å²) in [7, 11) is 0. The van der Waals surface area contributed by atoms with E-state index >= 15 is 0 Å². The van der Waals surface area contributed by atoms with Crippen molar-refractivity contribution in [2.75, 3.05) is 18.0 Å². The summed E-state index contributed by atoms with van der Waals surface area (Å²) in [6.07, 6.45) is 0.138. The van der Waals surface area contributed by atoms with Crippen LogP contribution < -0.4 is 4.90 Å². The van der Waals surface area contributed by atoms with Crippen LogP contribution in [0.4, 0.5) is 18.7 Å². The third-order valence-electron chi connectivity index (χ3n) is 5.21. The number of thiazole rings is 1. The van der Waals surface area contributed by atoms with E-state index < -0.39 is 11.6 Å². The smallest absolute Gasteiger partial charge is 0.318 e. The van der Waals surface area contributed by atoms with Crippen LogP contribution in [-0.2, 0) is 13.0 Å². The van der Waals surface area contributed by atoms with Crippen LogP contribution in [0.15, 0.2) is 48.5 Å². The van der Waals surface area contributed by atoms with Crippen molar-refractivity contribution in [1.82, 2.24) is 9.88 Å². The van der Waals surface area contributed by atoms with Crippen molar-refractivity contribution in [3.05, 3.63) is 81.9 Å². The van der Waals surface area contributed by atoms with Gasteiger partial charge in [0.05, 0.1) is 10.6 Å². The van der Waals surface area contributed by atoms with Crippen LogP contribution in [0, 0.1) is 18.6 Å². The van der Waals surface area contributed by atoms with Crippen molar-refractivity contribution in [2.24, 2.45) is 0 Å². The number of halogens is 2. The molecule has 2 heterocycles. The number of benzene rings is 2. The lowest BCUT2D eigenvalue weighted by molar-refractivity contribution is 0.0985. The number of Topliss-reactive ketones (excluding diaryl/α,β-unsaturated/α-hetero) is 1. The van der Waals surface area contributed by atoms with Crippen LogP contribution in [0.25, 0.3) is 0 Å². The molecule has 0 aliphatic carbocycles. The molecular weight excluding hydrogens is 420 g/mol. The minimum Gasteiger partial charge on any atom is -0.318 e. The summed E-state index contributed by atoms with van der Waals surface area (Å²) in [5.41, 5.74) is 1.76. The van der Waals surface area contributed by atoms with Gasteiger partial charge in [-0.1, -0.05) is 41.7 Å². The number of hydrogen-bond acceptors (Lipinski definition) is 4. The second kappa shape index (κ2) is 8.93. The molecule has 160 valence electrons.